The number of amides is 1. The Bertz CT molecular complexity index is 1030. The third-order valence-electron chi connectivity index (χ3n) is 3.88. The number of non-ortho nitro benzene ring substituents is 1. The molecule has 3 aromatic rings. The summed E-state index contributed by atoms with van der Waals surface area (Å²) < 4.78 is 2.10. The molecule has 0 aliphatic heterocycles. The van der Waals surface area contributed by atoms with E-state index < -0.39 is 10.8 Å². The van der Waals surface area contributed by atoms with Gasteiger partial charge in [0.15, 0.2) is 5.69 Å². The highest BCUT2D eigenvalue weighted by molar-refractivity contribution is 9.10. The maximum Gasteiger partial charge on any atom is 0.293 e. The van der Waals surface area contributed by atoms with Gasteiger partial charge < -0.3 is 0 Å². The van der Waals surface area contributed by atoms with Gasteiger partial charge in [-0.05, 0) is 34.0 Å². The highest BCUT2D eigenvalue weighted by Gasteiger charge is 2.15. The maximum absolute atomic E-state index is 12.3. The van der Waals surface area contributed by atoms with Gasteiger partial charge in [0.2, 0.25) is 0 Å². The minimum Gasteiger partial charge on any atom is -0.266 e. The number of benzene rings is 2. The molecule has 0 saturated heterocycles. The Morgan fingerprint density at radius 3 is 2.57 bits per heavy atom. The number of hydrogen-bond donors (Lipinski definition) is 1. The summed E-state index contributed by atoms with van der Waals surface area (Å²) in [4.78, 5) is 22.6. The normalized spacial score (nSPS) is 10.9. The number of aryl methyl sites for hydroxylation is 1. The van der Waals surface area contributed by atoms with Crippen molar-refractivity contribution in [2.24, 2.45) is 5.10 Å². The van der Waals surface area contributed by atoms with Gasteiger partial charge in [0.25, 0.3) is 11.6 Å². The average Bonchev–Trinajstić information content (AvgIpc) is 3.04. The van der Waals surface area contributed by atoms with E-state index in [2.05, 4.69) is 31.6 Å². The molecule has 1 heterocycles. The Morgan fingerprint density at radius 1 is 1.25 bits per heavy atom. The van der Waals surface area contributed by atoms with Crippen molar-refractivity contribution in [2.45, 2.75) is 13.5 Å². The monoisotopic (exact) mass is 441 g/mol. The number of hydrazone groups is 1. The molecule has 1 aromatic heterocycles. The van der Waals surface area contributed by atoms with Gasteiger partial charge >= 0.3 is 0 Å². The highest BCUT2D eigenvalue weighted by atomic mass is 79.9. The third kappa shape index (κ3) is 4.89. The largest absolute Gasteiger partial charge is 0.293 e. The Balaban J connectivity index is 1.64. The summed E-state index contributed by atoms with van der Waals surface area (Å²) in [6, 6.07) is 13.9. The van der Waals surface area contributed by atoms with E-state index in [4.69, 9.17) is 0 Å². The van der Waals surface area contributed by atoms with Gasteiger partial charge in [-0.1, -0.05) is 42.0 Å². The van der Waals surface area contributed by atoms with E-state index in [9.17, 15) is 14.9 Å². The van der Waals surface area contributed by atoms with E-state index in [-0.39, 0.29) is 11.4 Å². The molecule has 3 rings (SSSR count). The van der Waals surface area contributed by atoms with Crippen LogP contribution in [0.4, 0.5) is 5.69 Å². The standard InChI is InChI=1S/C19H16BrN5O3/c1-13-2-4-14(5-3-13)10-21-22-19(26)18-17(20)12-24(23-18)11-15-6-8-16(9-7-15)25(27)28/h2-10,12H,11H2,1H3,(H,22,26). The first kappa shape index (κ1) is 19.4. The van der Waals surface area contributed by atoms with Crippen molar-refractivity contribution < 1.29 is 9.72 Å². The lowest BCUT2D eigenvalue weighted by atomic mass is 10.2. The summed E-state index contributed by atoms with van der Waals surface area (Å²) in [5, 5.41) is 18.9. The van der Waals surface area contributed by atoms with Crippen LogP contribution in [0.25, 0.3) is 0 Å². The van der Waals surface area contributed by atoms with Crippen LogP contribution in [0.15, 0.2) is 64.3 Å². The van der Waals surface area contributed by atoms with Crippen molar-refractivity contribution in [3.8, 4) is 0 Å². The number of aromatic nitrogens is 2. The molecular formula is C19H16BrN5O3. The van der Waals surface area contributed by atoms with Crippen LogP contribution in [0.3, 0.4) is 0 Å². The van der Waals surface area contributed by atoms with Crippen LogP contribution in [0.1, 0.15) is 27.2 Å². The summed E-state index contributed by atoms with van der Waals surface area (Å²) in [5.41, 5.74) is 5.51. The van der Waals surface area contributed by atoms with Crippen molar-refractivity contribution in [3.05, 3.63) is 91.7 Å². The van der Waals surface area contributed by atoms with Crippen molar-refractivity contribution in [2.75, 3.05) is 0 Å². The molecule has 1 amide bonds. The van der Waals surface area contributed by atoms with E-state index in [0.717, 1.165) is 16.7 Å². The second kappa shape index (κ2) is 8.57. The minimum atomic E-state index is -0.451. The van der Waals surface area contributed by atoms with E-state index >= 15 is 0 Å². The number of halogens is 1. The van der Waals surface area contributed by atoms with Gasteiger partial charge in [-0.2, -0.15) is 10.2 Å². The summed E-state index contributed by atoms with van der Waals surface area (Å²) >= 11 is 3.32. The molecule has 142 valence electrons. The van der Waals surface area contributed by atoms with Crippen LogP contribution in [0.2, 0.25) is 0 Å². The Labute approximate surface area is 169 Å². The maximum atomic E-state index is 12.3. The van der Waals surface area contributed by atoms with Crippen molar-refractivity contribution >= 4 is 33.7 Å². The SMILES string of the molecule is Cc1ccc(C=NNC(=O)c2nn(Cc3ccc([N+](=O)[O-])cc3)cc2Br)cc1. The summed E-state index contributed by atoms with van der Waals surface area (Å²) in [5.74, 6) is -0.447. The lowest BCUT2D eigenvalue weighted by Crippen LogP contribution is -2.19. The zero-order valence-corrected chi connectivity index (χ0v) is 16.5. The third-order valence-corrected chi connectivity index (χ3v) is 4.46. The Kier molecular flexibility index (Phi) is 5.95. The molecular weight excluding hydrogens is 426 g/mol. The zero-order chi connectivity index (χ0) is 20.1. The van der Waals surface area contributed by atoms with E-state index in [1.165, 1.54) is 12.1 Å². The molecule has 0 atom stereocenters. The summed E-state index contributed by atoms with van der Waals surface area (Å²) in [6.45, 7) is 2.36. The average molecular weight is 442 g/mol. The Hall–Kier alpha value is -3.33. The second-order valence-electron chi connectivity index (χ2n) is 6.06. The highest BCUT2D eigenvalue weighted by Crippen LogP contribution is 2.17. The summed E-state index contributed by atoms with van der Waals surface area (Å²) in [6.07, 6.45) is 3.22. The molecule has 1 N–H and O–H groups in total. The molecule has 9 heteroatoms. The van der Waals surface area contributed by atoms with E-state index in [0.29, 0.717) is 11.0 Å². The number of nitrogens with one attached hydrogen (secondary N) is 1. The molecule has 8 nitrogen and oxygen atoms in total. The molecule has 0 saturated carbocycles. The molecule has 0 spiro atoms. The van der Waals surface area contributed by atoms with Gasteiger partial charge in [0.1, 0.15) is 0 Å². The van der Waals surface area contributed by atoms with Crippen LogP contribution in [-0.4, -0.2) is 26.8 Å². The molecule has 0 fully saturated rings. The number of carbonyl (C=O) groups excluding carboxylic acids is 1. The van der Waals surface area contributed by atoms with Crippen LogP contribution in [0.5, 0.6) is 0 Å². The topological polar surface area (TPSA) is 102 Å². The summed E-state index contributed by atoms with van der Waals surface area (Å²) in [7, 11) is 0. The number of rotatable bonds is 6. The second-order valence-corrected chi connectivity index (χ2v) is 6.91. The van der Waals surface area contributed by atoms with Crippen molar-refractivity contribution in [1.82, 2.24) is 15.2 Å². The van der Waals surface area contributed by atoms with Gasteiger partial charge in [0.05, 0.1) is 22.2 Å². The first-order valence-corrected chi connectivity index (χ1v) is 9.08. The number of nitro groups is 1. The van der Waals surface area contributed by atoms with Gasteiger partial charge in [0, 0.05) is 18.3 Å². The molecule has 28 heavy (non-hydrogen) atoms. The van der Waals surface area contributed by atoms with Gasteiger partial charge in [-0.15, -0.1) is 0 Å². The van der Waals surface area contributed by atoms with Gasteiger partial charge in [-0.3, -0.25) is 19.6 Å². The molecule has 0 aliphatic carbocycles. The lowest BCUT2D eigenvalue weighted by molar-refractivity contribution is -0.384. The van der Waals surface area contributed by atoms with E-state index in [1.807, 2.05) is 31.2 Å². The predicted molar refractivity (Wildman–Crippen MR) is 108 cm³/mol. The van der Waals surface area contributed by atoms with Crippen LogP contribution < -0.4 is 5.43 Å². The molecule has 0 bridgehead atoms. The molecule has 0 radical (unpaired) electrons. The quantitative estimate of drug-likeness (QED) is 0.358. The molecule has 2 aromatic carbocycles. The fourth-order valence-corrected chi connectivity index (χ4v) is 2.91. The smallest absolute Gasteiger partial charge is 0.266 e. The van der Waals surface area contributed by atoms with Gasteiger partial charge in [-0.25, -0.2) is 5.43 Å². The first-order valence-electron chi connectivity index (χ1n) is 8.29. The number of carbonyl (C=O) groups is 1. The molecule has 0 unspecified atom stereocenters. The zero-order valence-electron chi connectivity index (χ0n) is 14.9. The fraction of sp³-hybridized carbons (Fsp3) is 0.105. The number of nitrogens with zero attached hydrogens (tertiary/aromatic N) is 4. The van der Waals surface area contributed by atoms with Crippen molar-refractivity contribution in [1.29, 1.82) is 0 Å². The number of hydrogen-bond acceptors (Lipinski definition) is 5. The Morgan fingerprint density at radius 2 is 1.93 bits per heavy atom. The van der Waals surface area contributed by atoms with Crippen LogP contribution in [-0.2, 0) is 6.54 Å². The minimum absolute atomic E-state index is 0.0249. The van der Waals surface area contributed by atoms with Crippen LogP contribution >= 0.6 is 15.9 Å². The molecule has 0 aliphatic rings. The fourth-order valence-electron chi connectivity index (χ4n) is 2.41. The van der Waals surface area contributed by atoms with Crippen LogP contribution in [0, 0.1) is 17.0 Å². The number of nitro benzene ring substituents is 1. The van der Waals surface area contributed by atoms with E-state index in [1.54, 1.807) is 29.2 Å². The first-order chi connectivity index (χ1) is 13.4. The lowest BCUT2D eigenvalue weighted by Gasteiger charge is -2.01. The van der Waals surface area contributed by atoms with Crippen molar-refractivity contribution in [3.63, 3.8) is 0 Å². The predicted octanol–water partition coefficient (Wildman–Crippen LogP) is 3.67.